The Bertz CT molecular complexity index is 679. The number of carbonyl (C=O) groups excluding carboxylic acids is 2. The van der Waals surface area contributed by atoms with Gasteiger partial charge in [0.15, 0.2) is 0 Å². The molecule has 0 atom stereocenters. The van der Waals surface area contributed by atoms with Gasteiger partial charge in [-0.3, -0.25) is 9.59 Å². The van der Waals surface area contributed by atoms with E-state index in [0.717, 1.165) is 5.56 Å². The molecule has 2 aromatic rings. The Kier molecular flexibility index (Phi) is 7.29. The van der Waals surface area contributed by atoms with Crippen LogP contribution in [0.25, 0.3) is 0 Å². The molecule has 0 aliphatic heterocycles. The Morgan fingerprint density at radius 2 is 1.75 bits per heavy atom. The van der Waals surface area contributed by atoms with Gasteiger partial charge < -0.3 is 10.1 Å². The smallest absolute Gasteiger partial charge is 0.325 e. The van der Waals surface area contributed by atoms with Crippen LogP contribution in [0.3, 0.4) is 0 Å². The highest BCUT2D eigenvalue weighted by atomic mass is 32.2. The molecule has 0 aliphatic carbocycles. The summed E-state index contributed by atoms with van der Waals surface area (Å²) >= 11 is 1.27. The minimum Gasteiger partial charge on any atom is -0.460 e. The number of halogens is 1. The second-order valence-electron chi connectivity index (χ2n) is 4.95. The fourth-order valence-corrected chi connectivity index (χ4v) is 2.75. The minimum atomic E-state index is -0.492. The Balaban J connectivity index is 1.60. The third-order valence-corrected chi connectivity index (χ3v) is 4.15. The molecule has 4 nitrogen and oxygen atoms in total. The molecular formula is C18H18FNO3S. The van der Waals surface area contributed by atoms with Gasteiger partial charge in [-0.15, -0.1) is 11.8 Å². The maximum atomic E-state index is 13.4. The van der Waals surface area contributed by atoms with Crippen LogP contribution < -0.4 is 5.32 Å². The fraction of sp³-hybridized carbons (Fsp3) is 0.222. The summed E-state index contributed by atoms with van der Waals surface area (Å²) in [4.78, 5) is 23.7. The average molecular weight is 347 g/mol. The molecule has 0 bridgehead atoms. The van der Waals surface area contributed by atoms with Crippen LogP contribution in [0.4, 0.5) is 4.39 Å². The first-order valence-corrected chi connectivity index (χ1v) is 8.47. The van der Waals surface area contributed by atoms with Gasteiger partial charge in [-0.05, 0) is 17.7 Å². The topological polar surface area (TPSA) is 55.4 Å². The summed E-state index contributed by atoms with van der Waals surface area (Å²) in [5.41, 5.74) is 0.887. The maximum absolute atomic E-state index is 13.4. The molecule has 126 valence electrons. The van der Waals surface area contributed by atoms with Gasteiger partial charge in [0.1, 0.15) is 19.0 Å². The Morgan fingerprint density at radius 3 is 2.50 bits per heavy atom. The van der Waals surface area contributed by atoms with Gasteiger partial charge in [0.25, 0.3) is 0 Å². The van der Waals surface area contributed by atoms with E-state index in [1.807, 2.05) is 30.3 Å². The van der Waals surface area contributed by atoms with Gasteiger partial charge in [0, 0.05) is 17.1 Å². The molecule has 0 unspecified atom stereocenters. The monoisotopic (exact) mass is 347 g/mol. The number of nitrogens with one attached hydrogen (secondary N) is 1. The quantitative estimate of drug-likeness (QED) is 0.589. The number of carbonyl (C=O) groups is 2. The van der Waals surface area contributed by atoms with Gasteiger partial charge in [-0.25, -0.2) is 4.39 Å². The number of amides is 1. The molecule has 6 heteroatoms. The van der Waals surface area contributed by atoms with Gasteiger partial charge in [-0.1, -0.05) is 42.5 Å². The zero-order chi connectivity index (χ0) is 17.2. The van der Waals surface area contributed by atoms with Crippen molar-refractivity contribution in [3.63, 3.8) is 0 Å². The molecule has 0 saturated heterocycles. The van der Waals surface area contributed by atoms with E-state index in [9.17, 15) is 14.0 Å². The number of rotatable bonds is 8. The number of benzene rings is 2. The van der Waals surface area contributed by atoms with Crippen molar-refractivity contribution in [2.24, 2.45) is 0 Å². The first-order valence-electron chi connectivity index (χ1n) is 7.49. The van der Waals surface area contributed by atoms with Crippen molar-refractivity contribution >= 4 is 23.6 Å². The number of esters is 1. The summed E-state index contributed by atoms with van der Waals surface area (Å²) in [5.74, 6) is -0.622. The van der Waals surface area contributed by atoms with Gasteiger partial charge in [0.05, 0.1) is 0 Å². The molecule has 24 heavy (non-hydrogen) atoms. The van der Waals surface area contributed by atoms with Gasteiger partial charge in [-0.2, -0.15) is 0 Å². The van der Waals surface area contributed by atoms with Crippen LogP contribution in [0, 0.1) is 5.82 Å². The lowest BCUT2D eigenvalue weighted by atomic mass is 10.2. The predicted octanol–water partition coefficient (Wildman–Crippen LogP) is 3.17. The molecule has 1 N–H and O–H groups in total. The molecule has 0 radical (unpaired) electrons. The molecule has 2 rings (SSSR count). The first kappa shape index (κ1) is 18.0. The number of ether oxygens (including phenoxy) is 1. The highest BCUT2D eigenvalue weighted by Crippen LogP contribution is 2.21. The summed E-state index contributed by atoms with van der Waals surface area (Å²) < 4.78 is 18.5. The maximum Gasteiger partial charge on any atom is 0.325 e. The summed E-state index contributed by atoms with van der Waals surface area (Å²) in [6, 6.07) is 15.7. The lowest BCUT2D eigenvalue weighted by molar-refractivity contribution is -0.145. The van der Waals surface area contributed by atoms with Gasteiger partial charge >= 0.3 is 5.97 Å². The van der Waals surface area contributed by atoms with Crippen LogP contribution in [0.2, 0.25) is 0 Å². The zero-order valence-corrected chi connectivity index (χ0v) is 13.9. The van der Waals surface area contributed by atoms with Crippen molar-refractivity contribution in [1.82, 2.24) is 5.32 Å². The third kappa shape index (κ3) is 6.42. The Hall–Kier alpha value is -2.34. The lowest BCUT2D eigenvalue weighted by Crippen LogP contribution is -2.30. The highest BCUT2D eigenvalue weighted by Gasteiger charge is 2.08. The summed E-state index contributed by atoms with van der Waals surface area (Å²) in [6.45, 7) is 0.00864. The van der Waals surface area contributed by atoms with E-state index in [-0.39, 0.29) is 31.3 Å². The molecule has 0 aromatic heterocycles. The lowest BCUT2D eigenvalue weighted by Gasteiger charge is -2.07. The summed E-state index contributed by atoms with van der Waals surface area (Å²) in [6.07, 6.45) is 0.199. The van der Waals surface area contributed by atoms with E-state index >= 15 is 0 Å². The standard InChI is InChI=1S/C18H18FNO3S/c19-15-8-4-5-9-16(15)24-11-10-17(21)20-12-18(22)23-13-14-6-2-1-3-7-14/h1-9H,10-13H2,(H,20,21). The molecule has 0 spiro atoms. The first-order chi connectivity index (χ1) is 11.6. The number of hydrogen-bond donors (Lipinski definition) is 1. The summed E-state index contributed by atoms with van der Waals surface area (Å²) in [7, 11) is 0. The van der Waals surface area contributed by atoms with Crippen molar-refractivity contribution in [3.05, 3.63) is 66.0 Å². The Morgan fingerprint density at radius 1 is 1.04 bits per heavy atom. The zero-order valence-electron chi connectivity index (χ0n) is 13.0. The molecule has 1 amide bonds. The van der Waals surface area contributed by atoms with Crippen molar-refractivity contribution in [1.29, 1.82) is 0 Å². The van der Waals surface area contributed by atoms with E-state index in [1.165, 1.54) is 17.8 Å². The van der Waals surface area contributed by atoms with Crippen LogP contribution in [0.5, 0.6) is 0 Å². The fourth-order valence-electron chi connectivity index (χ4n) is 1.86. The van der Waals surface area contributed by atoms with E-state index in [0.29, 0.717) is 10.6 Å². The molecule has 0 heterocycles. The van der Waals surface area contributed by atoms with Crippen molar-refractivity contribution in [2.75, 3.05) is 12.3 Å². The van der Waals surface area contributed by atoms with Crippen molar-refractivity contribution in [2.45, 2.75) is 17.9 Å². The molecule has 0 aliphatic rings. The van der Waals surface area contributed by atoms with E-state index < -0.39 is 5.97 Å². The minimum absolute atomic E-state index is 0.171. The molecule has 0 fully saturated rings. The van der Waals surface area contributed by atoms with Crippen LogP contribution in [0.1, 0.15) is 12.0 Å². The largest absolute Gasteiger partial charge is 0.460 e. The SMILES string of the molecule is O=C(CCSc1ccccc1F)NCC(=O)OCc1ccccc1. The normalized spacial score (nSPS) is 10.2. The van der Waals surface area contributed by atoms with Crippen LogP contribution in [-0.4, -0.2) is 24.2 Å². The molecule has 2 aromatic carbocycles. The van der Waals surface area contributed by atoms with Crippen LogP contribution in [-0.2, 0) is 20.9 Å². The van der Waals surface area contributed by atoms with Gasteiger partial charge in [0.2, 0.25) is 5.91 Å². The van der Waals surface area contributed by atoms with Crippen LogP contribution in [0.15, 0.2) is 59.5 Å². The van der Waals surface area contributed by atoms with E-state index in [1.54, 1.807) is 18.2 Å². The van der Waals surface area contributed by atoms with Crippen molar-refractivity contribution in [3.8, 4) is 0 Å². The average Bonchev–Trinajstić information content (AvgIpc) is 2.61. The second kappa shape index (κ2) is 9.72. The van der Waals surface area contributed by atoms with E-state index in [2.05, 4.69) is 5.32 Å². The highest BCUT2D eigenvalue weighted by molar-refractivity contribution is 7.99. The van der Waals surface area contributed by atoms with Crippen molar-refractivity contribution < 1.29 is 18.7 Å². The predicted molar refractivity (Wildman–Crippen MR) is 91.0 cm³/mol. The van der Waals surface area contributed by atoms with E-state index in [4.69, 9.17) is 4.74 Å². The molecule has 0 saturated carbocycles. The number of hydrogen-bond acceptors (Lipinski definition) is 4. The second-order valence-corrected chi connectivity index (χ2v) is 6.09. The van der Waals surface area contributed by atoms with Crippen LogP contribution >= 0.6 is 11.8 Å². The third-order valence-electron chi connectivity index (χ3n) is 3.10. The number of thioether (sulfide) groups is 1. The summed E-state index contributed by atoms with van der Waals surface area (Å²) in [5, 5.41) is 2.50. The molecular weight excluding hydrogens is 329 g/mol. The Labute approximate surface area is 144 Å².